The number of rotatable bonds is 4. The number of amides is 1. The molecule has 152 valence electrons. The molecular weight excluding hydrogens is 355 g/mol. The number of hydrogen-bond acceptors (Lipinski definition) is 3. The predicted molar refractivity (Wildman–Crippen MR) is 110 cm³/mol. The molecule has 2 aromatic rings. The maximum atomic E-state index is 14.1. The van der Waals surface area contributed by atoms with E-state index in [0.29, 0.717) is 28.7 Å². The number of aromatic nitrogens is 1. The number of carbonyl (C=O) groups excluding carboxylic acids is 1. The first-order chi connectivity index (χ1) is 13.6. The Labute approximate surface area is 166 Å². The summed E-state index contributed by atoms with van der Waals surface area (Å²) in [4.78, 5) is 18.7. The van der Waals surface area contributed by atoms with Gasteiger partial charge in [-0.15, -0.1) is 0 Å². The smallest absolute Gasteiger partial charge is 0.268 e. The van der Waals surface area contributed by atoms with E-state index in [1.165, 1.54) is 18.9 Å². The molecule has 4 rings (SSSR count). The van der Waals surface area contributed by atoms with Crippen molar-refractivity contribution in [1.29, 1.82) is 0 Å². The number of fused-ring (bicyclic) bond motifs is 1. The minimum Gasteiger partial charge on any atom is -0.350 e. The Morgan fingerprint density at radius 3 is 2.79 bits per heavy atom. The third-order valence-corrected chi connectivity index (χ3v) is 6.53. The van der Waals surface area contributed by atoms with E-state index in [0.717, 1.165) is 44.5 Å². The number of aromatic amines is 1. The van der Waals surface area contributed by atoms with E-state index in [2.05, 4.69) is 27.4 Å². The molecule has 0 bridgehead atoms. The van der Waals surface area contributed by atoms with E-state index >= 15 is 0 Å². The molecule has 2 aliphatic heterocycles. The van der Waals surface area contributed by atoms with Crippen LogP contribution in [0.3, 0.4) is 0 Å². The molecule has 0 saturated carbocycles. The fraction of sp³-hybridized carbons (Fsp3) is 0.591. The number of nitrogens with zero attached hydrogens (tertiary/aromatic N) is 1. The number of likely N-dealkylation sites (tertiary alicyclic amines) is 1. The molecule has 2 atom stereocenters. The van der Waals surface area contributed by atoms with E-state index in [-0.39, 0.29) is 17.8 Å². The first-order valence-electron chi connectivity index (χ1n) is 10.6. The van der Waals surface area contributed by atoms with Crippen LogP contribution in [0, 0.1) is 12.7 Å². The highest BCUT2D eigenvalue weighted by atomic mass is 19.1. The van der Waals surface area contributed by atoms with Crippen LogP contribution in [0.15, 0.2) is 18.2 Å². The van der Waals surface area contributed by atoms with Crippen LogP contribution < -0.4 is 10.6 Å². The van der Waals surface area contributed by atoms with Gasteiger partial charge in [0.05, 0.1) is 5.52 Å². The van der Waals surface area contributed by atoms with Crippen molar-refractivity contribution in [3.63, 3.8) is 0 Å². The van der Waals surface area contributed by atoms with Crippen LogP contribution in [0.1, 0.15) is 55.1 Å². The van der Waals surface area contributed by atoms with Gasteiger partial charge < -0.3 is 15.6 Å². The summed E-state index contributed by atoms with van der Waals surface area (Å²) < 4.78 is 14.1. The highest BCUT2D eigenvalue weighted by Crippen LogP contribution is 2.27. The number of hydrogen-bond donors (Lipinski definition) is 3. The molecular formula is C22H31FN4O. The molecule has 5 nitrogen and oxygen atoms in total. The van der Waals surface area contributed by atoms with Crippen molar-refractivity contribution < 1.29 is 9.18 Å². The Morgan fingerprint density at radius 2 is 2.07 bits per heavy atom. The number of nitrogens with one attached hydrogen (secondary N) is 3. The molecule has 1 aromatic carbocycles. The molecule has 1 unspecified atom stereocenters. The van der Waals surface area contributed by atoms with E-state index in [9.17, 15) is 9.18 Å². The van der Waals surface area contributed by atoms with Crippen molar-refractivity contribution in [1.82, 2.24) is 20.5 Å². The number of carbonyl (C=O) groups is 1. The fourth-order valence-corrected chi connectivity index (χ4v) is 5.06. The van der Waals surface area contributed by atoms with Gasteiger partial charge in [-0.25, -0.2) is 4.39 Å². The van der Waals surface area contributed by atoms with Gasteiger partial charge in [-0.1, -0.05) is 13.0 Å². The zero-order valence-corrected chi connectivity index (χ0v) is 16.9. The second kappa shape index (κ2) is 8.21. The Hall–Kier alpha value is -1.92. The molecule has 2 saturated heterocycles. The number of aryl methyl sites for hydroxylation is 1. The molecule has 3 heterocycles. The lowest BCUT2D eigenvalue weighted by molar-refractivity contribution is 0.0469. The molecule has 2 aliphatic rings. The Bertz CT molecular complexity index is 803. The lowest BCUT2D eigenvalue weighted by Crippen LogP contribution is -2.59. The summed E-state index contributed by atoms with van der Waals surface area (Å²) in [6, 6.07) is 5.94. The SMILES string of the molecule is CC[C@@H]1C(NC(=O)c2cc3c(F)ccc(C)c3[nH]2)CCCN1C1CCNCC1. The van der Waals surface area contributed by atoms with Gasteiger partial charge in [-0.05, 0) is 76.4 Å². The Morgan fingerprint density at radius 1 is 1.29 bits per heavy atom. The average molecular weight is 387 g/mol. The fourth-order valence-electron chi connectivity index (χ4n) is 5.06. The van der Waals surface area contributed by atoms with Gasteiger partial charge in [0, 0.05) is 23.5 Å². The average Bonchev–Trinajstić information content (AvgIpc) is 3.18. The maximum absolute atomic E-state index is 14.1. The first-order valence-corrected chi connectivity index (χ1v) is 10.6. The highest BCUT2D eigenvalue weighted by molar-refractivity contribution is 5.99. The summed E-state index contributed by atoms with van der Waals surface area (Å²) in [7, 11) is 0. The topological polar surface area (TPSA) is 60.2 Å². The van der Waals surface area contributed by atoms with Crippen LogP contribution in [0.2, 0.25) is 0 Å². The summed E-state index contributed by atoms with van der Waals surface area (Å²) in [5.41, 5.74) is 2.09. The van der Waals surface area contributed by atoms with Crippen molar-refractivity contribution in [3.8, 4) is 0 Å². The van der Waals surface area contributed by atoms with Gasteiger partial charge in [-0.3, -0.25) is 9.69 Å². The van der Waals surface area contributed by atoms with Gasteiger partial charge in [0.15, 0.2) is 0 Å². The lowest BCUT2D eigenvalue weighted by Gasteiger charge is -2.46. The quantitative estimate of drug-likeness (QED) is 0.755. The largest absolute Gasteiger partial charge is 0.350 e. The number of benzene rings is 1. The standard InChI is InChI=1S/C22H31FN4O/c1-3-20-18(5-4-12-27(20)15-8-10-24-11-9-15)26-22(28)19-13-16-17(23)7-6-14(2)21(16)25-19/h6-7,13,15,18,20,24-25H,3-5,8-12H2,1-2H3,(H,26,28)/t18?,20-/m1/s1. The summed E-state index contributed by atoms with van der Waals surface area (Å²) in [5.74, 6) is -0.428. The summed E-state index contributed by atoms with van der Waals surface area (Å²) in [5, 5.41) is 7.18. The highest BCUT2D eigenvalue weighted by Gasteiger charge is 2.35. The predicted octanol–water partition coefficient (Wildman–Crippen LogP) is 3.34. The van der Waals surface area contributed by atoms with Crippen molar-refractivity contribution in [2.45, 2.75) is 64.1 Å². The van der Waals surface area contributed by atoms with E-state index in [4.69, 9.17) is 0 Å². The van der Waals surface area contributed by atoms with E-state index < -0.39 is 0 Å². The molecule has 1 aromatic heterocycles. The molecule has 0 spiro atoms. The van der Waals surface area contributed by atoms with Crippen LogP contribution in [0.4, 0.5) is 4.39 Å². The van der Waals surface area contributed by atoms with Gasteiger partial charge in [0.25, 0.3) is 5.91 Å². The molecule has 1 amide bonds. The van der Waals surface area contributed by atoms with Crippen LogP contribution in [0.5, 0.6) is 0 Å². The van der Waals surface area contributed by atoms with E-state index in [1.807, 2.05) is 6.92 Å². The summed E-state index contributed by atoms with van der Waals surface area (Å²) in [6.07, 6.45) is 5.48. The molecule has 6 heteroatoms. The van der Waals surface area contributed by atoms with Crippen LogP contribution >= 0.6 is 0 Å². The van der Waals surface area contributed by atoms with Gasteiger partial charge >= 0.3 is 0 Å². The minimum atomic E-state index is -0.294. The number of H-pyrrole nitrogens is 1. The second-order valence-corrected chi connectivity index (χ2v) is 8.25. The zero-order valence-electron chi connectivity index (χ0n) is 16.9. The van der Waals surface area contributed by atoms with Crippen molar-refractivity contribution in [3.05, 3.63) is 35.3 Å². The summed E-state index contributed by atoms with van der Waals surface area (Å²) >= 11 is 0. The van der Waals surface area contributed by atoms with Gasteiger partial charge in [-0.2, -0.15) is 0 Å². The van der Waals surface area contributed by atoms with Crippen LogP contribution in [-0.2, 0) is 0 Å². The first kappa shape index (κ1) is 19.4. The van der Waals surface area contributed by atoms with Crippen LogP contribution in [0.25, 0.3) is 10.9 Å². The van der Waals surface area contributed by atoms with E-state index in [1.54, 1.807) is 12.1 Å². The lowest BCUT2D eigenvalue weighted by atomic mass is 9.90. The zero-order chi connectivity index (χ0) is 19.7. The van der Waals surface area contributed by atoms with Gasteiger partial charge in [0.1, 0.15) is 11.5 Å². The third kappa shape index (κ3) is 3.67. The molecule has 28 heavy (non-hydrogen) atoms. The Kier molecular flexibility index (Phi) is 5.69. The van der Waals surface area contributed by atoms with Gasteiger partial charge in [0.2, 0.25) is 0 Å². The second-order valence-electron chi connectivity index (χ2n) is 8.25. The minimum absolute atomic E-state index is 0.134. The monoisotopic (exact) mass is 386 g/mol. The van der Waals surface area contributed by atoms with Crippen LogP contribution in [-0.4, -0.2) is 53.6 Å². The van der Waals surface area contributed by atoms with Crippen molar-refractivity contribution in [2.75, 3.05) is 19.6 Å². The maximum Gasteiger partial charge on any atom is 0.268 e. The molecule has 3 N–H and O–H groups in total. The molecule has 0 radical (unpaired) electrons. The number of halogens is 1. The normalized spacial score (nSPS) is 24.5. The Balaban J connectivity index is 1.51. The molecule has 0 aliphatic carbocycles. The third-order valence-electron chi connectivity index (χ3n) is 6.53. The summed E-state index contributed by atoms with van der Waals surface area (Å²) in [6.45, 7) is 7.41. The van der Waals surface area contributed by atoms with Crippen molar-refractivity contribution >= 4 is 16.8 Å². The number of piperidine rings is 2. The molecule has 2 fully saturated rings. The van der Waals surface area contributed by atoms with Crippen molar-refractivity contribution in [2.24, 2.45) is 0 Å².